The van der Waals surface area contributed by atoms with E-state index < -0.39 is 31.6 Å². The average molecular weight is 517 g/mol. The van der Waals surface area contributed by atoms with Crippen molar-refractivity contribution in [2.24, 2.45) is 0 Å². The van der Waals surface area contributed by atoms with Crippen LogP contribution in [-0.2, 0) is 4.74 Å². The summed E-state index contributed by atoms with van der Waals surface area (Å²) in [5.74, 6) is 0.583. The molecule has 10 nitrogen and oxygen atoms in total. The summed E-state index contributed by atoms with van der Waals surface area (Å²) in [5, 5.41) is 15.7. The SMILES string of the molecule is COc1nc(N[C@@H]2CCN(C3COC3)C[C@@H]2F)nn2ccc(-c3ccc4nnn(C(CF)CF)c4c3)c12. The number of methoxy groups -OCH3 is 1. The van der Waals surface area contributed by atoms with Crippen LogP contribution >= 0.6 is 0 Å². The predicted molar refractivity (Wildman–Crippen MR) is 130 cm³/mol. The van der Waals surface area contributed by atoms with Gasteiger partial charge in [0.1, 0.15) is 36.6 Å². The third kappa shape index (κ3) is 4.25. The zero-order chi connectivity index (χ0) is 25.5. The summed E-state index contributed by atoms with van der Waals surface area (Å²) in [5.41, 5.74) is 3.17. The number of alkyl halides is 3. The lowest BCUT2D eigenvalue weighted by Crippen LogP contribution is -2.57. The number of likely N-dealkylation sites (tertiary alicyclic amines) is 1. The highest BCUT2D eigenvalue weighted by molar-refractivity contribution is 5.89. The van der Waals surface area contributed by atoms with E-state index in [1.165, 1.54) is 11.8 Å². The van der Waals surface area contributed by atoms with Gasteiger partial charge in [-0.3, -0.25) is 4.90 Å². The van der Waals surface area contributed by atoms with Gasteiger partial charge in [-0.1, -0.05) is 11.3 Å². The number of ether oxygens (including phenoxy) is 2. The standard InChI is InChI=1S/C24H27F3N8O2/c1-36-23-22-17(14-2-3-20-21(8-14)35(32-30-20)15(9-25)10-26)4-7-34(22)31-24(29-23)28-19-5-6-33(11-18(19)27)16-12-37-13-16/h2-4,7-8,15-16,18-19H,5-6,9-13H2,1H3,(H,28,31)/t18-,19+/m0/s1. The number of piperidine rings is 1. The molecule has 13 heteroatoms. The van der Waals surface area contributed by atoms with Gasteiger partial charge in [-0.2, -0.15) is 4.98 Å². The van der Waals surface area contributed by atoms with Crippen LogP contribution in [0.4, 0.5) is 19.1 Å². The number of hydrogen-bond donors (Lipinski definition) is 1. The second-order valence-corrected chi connectivity index (χ2v) is 9.41. The molecule has 4 aromatic rings. The molecule has 5 heterocycles. The molecule has 0 aliphatic carbocycles. The molecule has 0 spiro atoms. The Labute approximate surface area is 210 Å². The Hall–Kier alpha value is -3.45. The van der Waals surface area contributed by atoms with Crippen molar-refractivity contribution in [2.75, 3.05) is 52.1 Å². The van der Waals surface area contributed by atoms with Crippen molar-refractivity contribution >= 4 is 22.5 Å². The molecule has 0 radical (unpaired) electrons. The van der Waals surface area contributed by atoms with Crippen LogP contribution in [0.25, 0.3) is 27.7 Å². The van der Waals surface area contributed by atoms with E-state index in [9.17, 15) is 13.2 Å². The average Bonchev–Trinajstić information content (AvgIpc) is 3.49. The molecular formula is C24H27F3N8O2. The van der Waals surface area contributed by atoms with E-state index in [1.807, 2.05) is 12.1 Å². The van der Waals surface area contributed by atoms with E-state index in [0.717, 1.165) is 17.7 Å². The van der Waals surface area contributed by atoms with Crippen LogP contribution in [-0.4, -0.2) is 99.5 Å². The van der Waals surface area contributed by atoms with Gasteiger partial charge in [0.05, 0.1) is 37.9 Å². The summed E-state index contributed by atoms with van der Waals surface area (Å²) in [7, 11) is 1.51. The molecule has 6 rings (SSSR count). The fraction of sp³-hybridized carbons (Fsp3) is 0.500. The number of benzene rings is 1. The molecule has 196 valence electrons. The maximum Gasteiger partial charge on any atom is 0.244 e. The molecule has 1 aromatic carbocycles. The normalized spacial score (nSPS) is 21.1. The largest absolute Gasteiger partial charge is 0.479 e. The first-order valence-electron chi connectivity index (χ1n) is 12.2. The Morgan fingerprint density at radius 1 is 1.22 bits per heavy atom. The number of nitrogens with one attached hydrogen (secondary N) is 1. The molecule has 0 bridgehead atoms. The molecule has 37 heavy (non-hydrogen) atoms. The lowest BCUT2D eigenvalue weighted by molar-refractivity contribution is -0.0794. The first kappa shape index (κ1) is 23.9. The molecule has 2 fully saturated rings. The Balaban J connectivity index is 1.29. The molecule has 2 aliphatic heterocycles. The fourth-order valence-electron chi connectivity index (χ4n) is 5.00. The molecule has 3 aromatic heterocycles. The van der Waals surface area contributed by atoms with E-state index in [-0.39, 0.29) is 5.95 Å². The molecule has 0 saturated carbocycles. The van der Waals surface area contributed by atoms with E-state index in [0.29, 0.717) is 54.7 Å². The summed E-state index contributed by atoms with van der Waals surface area (Å²) in [6, 6.07) is 6.08. The van der Waals surface area contributed by atoms with Crippen molar-refractivity contribution in [1.82, 2.24) is 34.5 Å². The smallest absolute Gasteiger partial charge is 0.244 e. The quantitative estimate of drug-likeness (QED) is 0.382. The molecule has 2 aliphatic rings. The number of halogens is 3. The highest BCUT2D eigenvalue weighted by Crippen LogP contribution is 2.33. The minimum Gasteiger partial charge on any atom is -0.479 e. The molecule has 1 N–H and O–H groups in total. The number of nitrogens with zero attached hydrogens (tertiary/aromatic N) is 7. The van der Waals surface area contributed by atoms with Crippen LogP contribution in [0.3, 0.4) is 0 Å². The summed E-state index contributed by atoms with van der Waals surface area (Å²) < 4.78 is 55.4. The van der Waals surface area contributed by atoms with Gasteiger partial charge in [-0.05, 0) is 30.2 Å². The lowest BCUT2D eigenvalue weighted by Gasteiger charge is -2.42. The Bertz CT molecular complexity index is 1400. The number of fused-ring (bicyclic) bond motifs is 2. The number of aromatic nitrogens is 6. The lowest BCUT2D eigenvalue weighted by atomic mass is 10.0. The topological polar surface area (TPSA) is 94.6 Å². The van der Waals surface area contributed by atoms with E-state index in [2.05, 4.69) is 30.6 Å². The van der Waals surface area contributed by atoms with E-state index in [1.54, 1.807) is 22.8 Å². The first-order valence-corrected chi connectivity index (χ1v) is 12.2. The van der Waals surface area contributed by atoms with E-state index >= 15 is 0 Å². The van der Waals surface area contributed by atoms with E-state index in [4.69, 9.17) is 9.47 Å². The summed E-state index contributed by atoms with van der Waals surface area (Å²) in [6.45, 7) is 0.668. The van der Waals surface area contributed by atoms with Gasteiger partial charge in [0.15, 0.2) is 0 Å². The predicted octanol–water partition coefficient (Wildman–Crippen LogP) is 2.85. The van der Waals surface area contributed by atoms with Crippen molar-refractivity contribution in [1.29, 1.82) is 0 Å². The second kappa shape index (κ2) is 9.78. The molecule has 0 unspecified atom stereocenters. The van der Waals surface area contributed by atoms with Gasteiger partial charge in [-0.15, -0.1) is 10.2 Å². The van der Waals surface area contributed by atoms with Gasteiger partial charge < -0.3 is 14.8 Å². The minimum absolute atomic E-state index is 0.269. The Kier molecular flexibility index (Phi) is 6.32. The number of anilines is 1. The highest BCUT2D eigenvalue weighted by atomic mass is 19.1. The summed E-state index contributed by atoms with van der Waals surface area (Å²) in [4.78, 5) is 6.65. The maximum absolute atomic E-state index is 15.0. The second-order valence-electron chi connectivity index (χ2n) is 9.41. The summed E-state index contributed by atoms with van der Waals surface area (Å²) in [6.07, 6.45) is 1.32. The third-order valence-corrected chi connectivity index (χ3v) is 7.18. The number of hydrogen-bond acceptors (Lipinski definition) is 8. The summed E-state index contributed by atoms with van der Waals surface area (Å²) >= 11 is 0. The molecular weight excluding hydrogens is 489 g/mol. The zero-order valence-electron chi connectivity index (χ0n) is 20.2. The highest BCUT2D eigenvalue weighted by Gasteiger charge is 2.35. The van der Waals surface area contributed by atoms with Gasteiger partial charge in [0.25, 0.3) is 0 Å². The maximum atomic E-state index is 15.0. The monoisotopic (exact) mass is 516 g/mol. The first-order chi connectivity index (χ1) is 18.1. The van der Waals surface area contributed by atoms with Crippen LogP contribution in [0.5, 0.6) is 5.88 Å². The fourth-order valence-corrected chi connectivity index (χ4v) is 5.00. The van der Waals surface area contributed by atoms with Gasteiger partial charge in [-0.25, -0.2) is 22.4 Å². The van der Waals surface area contributed by atoms with Crippen molar-refractivity contribution in [3.8, 4) is 17.0 Å². The molecule has 2 atom stereocenters. The third-order valence-electron chi connectivity index (χ3n) is 7.18. The minimum atomic E-state index is -1.07. The zero-order valence-corrected chi connectivity index (χ0v) is 20.2. The molecule has 2 saturated heterocycles. The van der Waals surface area contributed by atoms with Crippen LogP contribution in [0.2, 0.25) is 0 Å². The van der Waals surface area contributed by atoms with Crippen LogP contribution < -0.4 is 10.1 Å². The van der Waals surface area contributed by atoms with Gasteiger partial charge in [0, 0.05) is 24.8 Å². The van der Waals surface area contributed by atoms with Crippen LogP contribution in [0.15, 0.2) is 30.5 Å². The van der Waals surface area contributed by atoms with Crippen molar-refractivity contribution in [3.63, 3.8) is 0 Å². The van der Waals surface area contributed by atoms with Gasteiger partial charge >= 0.3 is 0 Å². The Morgan fingerprint density at radius 2 is 2.05 bits per heavy atom. The van der Waals surface area contributed by atoms with Crippen LogP contribution in [0.1, 0.15) is 12.5 Å². The number of rotatable bonds is 8. The molecule has 0 amide bonds. The van der Waals surface area contributed by atoms with Crippen molar-refractivity contribution in [3.05, 3.63) is 30.5 Å². The Morgan fingerprint density at radius 3 is 2.76 bits per heavy atom. The van der Waals surface area contributed by atoms with Crippen molar-refractivity contribution in [2.45, 2.75) is 30.7 Å². The van der Waals surface area contributed by atoms with Crippen molar-refractivity contribution < 1.29 is 22.6 Å². The van der Waals surface area contributed by atoms with Crippen LogP contribution in [0, 0.1) is 0 Å². The van der Waals surface area contributed by atoms with Gasteiger partial charge in [0.2, 0.25) is 11.8 Å².